The molecule has 0 saturated heterocycles. The quantitative estimate of drug-likeness (QED) is 0.912. The van der Waals surface area contributed by atoms with E-state index in [-0.39, 0.29) is 16.4 Å². The van der Waals surface area contributed by atoms with Crippen LogP contribution in [-0.4, -0.2) is 29.2 Å². The van der Waals surface area contributed by atoms with Gasteiger partial charge in [-0.2, -0.15) is 5.10 Å². The number of hydrogen-bond acceptors (Lipinski definition) is 4. The molecule has 0 unspecified atom stereocenters. The summed E-state index contributed by atoms with van der Waals surface area (Å²) in [6.45, 7) is 8.50. The Kier molecular flexibility index (Phi) is 4.67. The van der Waals surface area contributed by atoms with Gasteiger partial charge < -0.3 is 0 Å². The smallest absolute Gasteiger partial charge is 0.240 e. The Morgan fingerprint density at radius 3 is 2.36 bits per heavy atom. The molecular formula is C15H22N4O2S. The van der Waals surface area contributed by atoms with Crippen molar-refractivity contribution in [2.24, 2.45) is 0 Å². The molecule has 2 rings (SSSR count). The summed E-state index contributed by atoms with van der Waals surface area (Å²) in [5.74, 6) is 0. The molecular weight excluding hydrogens is 300 g/mol. The molecule has 7 heteroatoms. The molecule has 22 heavy (non-hydrogen) atoms. The van der Waals surface area contributed by atoms with Crippen LogP contribution in [0.2, 0.25) is 0 Å². The van der Waals surface area contributed by atoms with Crippen LogP contribution in [-0.2, 0) is 22.0 Å². The summed E-state index contributed by atoms with van der Waals surface area (Å²) >= 11 is 0. The number of nitrogens with one attached hydrogen (secondary N) is 1. The molecule has 0 spiro atoms. The Labute approximate surface area is 131 Å². The molecule has 0 aliphatic carbocycles. The summed E-state index contributed by atoms with van der Waals surface area (Å²) < 4.78 is 29.0. The first-order valence-electron chi connectivity index (χ1n) is 7.14. The molecule has 2 aromatic rings. The molecule has 0 aliphatic rings. The van der Waals surface area contributed by atoms with Gasteiger partial charge >= 0.3 is 0 Å². The predicted octanol–water partition coefficient (Wildman–Crippen LogP) is 1.94. The van der Waals surface area contributed by atoms with Crippen LogP contribution >= 0.6 is 0 Å². The lowest BCUT2D eigenvalue weighted by molar-refractivity contribution is 0.493. The van der Waals surface area contributed by atoms with Gasteiger partial charge in [-0.15, -0.1) is 0 Å². The summed E-state index contributed by atoms with van der Waals surface area (Å²) in [6.07, 6.45) is 2.98. The van der Waals surface area contributed by atoms with Crippen molar-refractivity contribution in [2.45, 2.75) is 50.6 Å². The van der Waals surface area contributed by atoms with E-state index in [4.69, 9.17) is 0 Å². The first kappa shape index (κ1) is 16.6. The monoisotopic (exact) mass is 322 g/mol. The Morgan fingerprint density at radius 2 is 1.86 bits per heavy atom. The molecule has 6 nitrogen and oxygen atoms in total. The number of benzene rings is 1. The van der Waals surface area contributed by atoms with Crippen molar-refractivity contribution in [1.82, 2.24) is 19.5 Å². The van der Waals surface area contributed by atoms with Gasteiger partial charge in [0, 0.05) is 6.04 Å². The Morgan fingerprint density at radius 1 is 1.23 bits per heavy atom. The second-order valence-electron chi connectivity index (χ2n) is 6.41. The van der Waals surface area contributed by atoms with Gasteiger partial charge in [-0.25, -0.2) is 18.1 Å². The van der Waals surface area contributed by atoms with Gasteiger partial charge in [0.2, 0.25) is 10.0 Å². The largest absolute Gasteiger partial charge is 0.251 e. The molecule has 1 atom stereocenters. The van der Waals surface area contributed by atoms with Gasteiger partial charge in [0.1, 0.15) is 12.7 Å². The van der Waals surface area contributed by atoms with Crippen LogP contribution in [0.3, 0.4) is 0 Å². The predicted molar refractivity (Wildman–Crippen MR) is 84.9 cm³/mol. The fraction of sp³-hybridized carbons (Fsp3) is 0.467. The van der Waals surface area contributed by atoms with Crippen LogP contribution < -0.4 is 4.72 Å². The molecule has 0 bridgehead atoms. The third-order valence-electron chi connectivity index (χ3n) is 3.31. The Hall–Kier alpha value is -1.73. The molecule has 0 amide bonds. The van der Waals surface area contributed by atoms with Gasteiger partial charge in [-0.05, 0) is 30.0 Å². The van der Waals surface area contributed by atoms with E-state index in [0.29, 0.717) is 6.54 Å². The maximum absolute atomic E-state index is 12.4. The van der Waals surface area contributed by atoms with Crippen LogP contribution in [0.4, 0.5) is 0 Å². The molecule has 1 heterocycles. The van der Waals surface area contributed by atoms with Crippen molar-refractivity contribution >= 4 is 10.0 Å². The van der Waals surface area contributed by atoms with Crippen molar-refractivity contribution in [1.29, 1.82) is 0 Å². The van der Waals surface area contributed by atoms with Crippen LogP contribution in [0.5, 0.6) is 0 Å². The summed E-state index contributed by atoms with van der Waals surface area (Å²) in [5.41, 5.74) is 1.10. The van der Waals surface area contributed by atoms with E-state index in [2.05, 4.69) is 35.6 Å². The van der Waals surface area contributed by atoms with Crippen molar-refractivity contribution < 1.29 is 8.42 Å². The minimum atomic E-state index is -3.54. The average molecular weight is 322 g/mol. The second-order valence-corrected chi connectivity index (χ2v) is 8.13. The zero-order valence-corrected chi connectivity index (χ0v) is 14.1. The molecule has 120 valence electrons. The third-order valence-corrected chi connectivity index (χ3v) is 4.92. The van der Waals surface area contributed by atoms with Crippen molar-refractivity contribution in [2.75, 3.05) is 0 Å². The Bertz CT molecular complexity index is 701. The lowest BCUT2D eigenvalue weighted by Crippen LogP contribution is -2.35. The molecule has 0 radical (unpaired) electrons. The number of aromatic nitrogens is 3. The Balaban J connectivity index is 2.09. The van der Waals surface area contributed by atoms with Crippen molar-refractivity contribution in [3.05, 3.63) is 42.5 Å². The standard InChI is InChI=1S/C15H22N4O2S/c1-12(9-19-11-16-10-17-19)18-22(20,21)14-7-5-13(6-8-14)15(2,3)4/h5-8,10-12,18H,9H2,1-4H3/t12-/m1/s1. The van der Waals surface area contributed by atoms with E-state index < -0.39 is 10.0 Å². The molecule has 1 aromatic carbocycles. The number of nitrogens with zero attached hydrogens (tertiary/aromatic N) is 3. The molecule has 0 fully saturated rings. The number of sulfonamides is 1. The SMILES string of the molecule is C[C@H](Cn1cncn1)NS(=O)(=O)c1ccc(C(C)(C)C)cc1. The van der Waals surface area contributed by atoms with Gasteiger partial charge in [0.05, 0.1) is 11.4 Å². The zero-order chi connectivity index (χ0) is 16.4. The fourth-order valence-corrected chi connectivity index (χ4v) is 3.35. The number of rotatable bonds is 5. The lowest BCUT2D eigenvalue weighted by atomic mass is 9.87. The first-order valence-corrected chi connectivity index (χ1v) is 8.62. The molecule has 1 N–H and O–H groups in total. The fourth-order valence-electron chi connectivity index (χ4n) is 2.11. The lowest BCUT2D eigenvalue weighted by Gasteiger charge is -2.19. The summed E-state index contributed by atoms with van der Waals surface area (Å²) in [4.78, 5) is 4.11. The van der Waals surface area contributed by atoms with Crippen LogP contribution in [0.15, 0.2) is 41.8 Å². The summed E-state index contributed by atoms with van der Waals surface area (Å²) in [6, 6.07) is 6.72. The minimum Gasteiger partial charge on any atom is -0.251 e. The highest BCUT2D eigenvalue weighted by Crippen LogP contribution is 2.23. The highest BCUT2D eigenvalue weighted by Gasteiger charge is 2.19. The van der Waals surface area contributed by atoms with E-state index in [1.165, 1.54) is 6.33 Å². The normalized spacial score (nSPS) is 14.0. The maximum atomic E-state index is 12.4. The zero-order valence-electron chi connectivity index (χ0n) is 13.3. The topological polar surface area (TPSA) is 76.9 Å². The molecule has 1 aromatic heterocycles. The van der Waals surface area contributed by atoms with E-state index in [0.717, 1.165) is 5.56 Å². The van der Waals surface area contributed by atoms with Gasteiger partial charge in [0.15, 0.2) is 0 Å². The first-order chi connectivity index (χ1) is 10.2. The van der Waals surface area contributed by atoms with Crippen LogP contribution in [0.25, 0.3) is 0 Å². The summed E-state index contributed by atoms with van der Waals surface area (Å²) in [5, 5.41) is 3.97. The highest BCUT2D eigenvalue weighted by molar-refractivity contribution is 7.89. The van der Waals surface area contributed by atoms with E-state index >= 15 is 0 Å². The molecule has 0 aliphatic heterocycles. The average Bonchev–Trinajstić information content (AvgIpc) is 2.90. The number of hydrogen-bond donors (Lipinski definition) is 1. The van der Waals surface area contributed by atoms with Gasteiger partial charge in [-0.3, -0.25) is 4.68 Å². The highest BCUT2D eigenvalue weighted by atomic mass is 32.2. The van der Waals surface area contributed by atoms with Gasteiger partial charge in [0.25, 0.3) is 0 Å². The minimum absolute atomic E-state index is 0.00386. The third kappa shape index (κ3) is 4.14. The van der Waals surface area contributed by atoms with Crippen molar-refractivity contribution in [3.63, 3.8) is 0 Å². The van der Waals surface area contributed by atoms with Crippen molar-refractivity contribution in [3.8, 4) is 0 Å². The van der Waals surface area contributed by atoms with E-state index in [1.54, 1.807) is 30.1 Å². The summed E-state index contributed by atoms with van der Waals surface area (Å²) in [7, 11) is -3.54. The second kappa shape index (κ2) is 6.18. The van der Waals surface area contributed by atoms with Gasteiger partial charge in [-0.1, -0.05) is 32.9 Å². The molecule has 0 saturated carbocycles. The van der Waals surface area contributed by atoms with Crippen LogP contribution in [0, 0.1) is 0 Å². The van der Waals surface area contributed by atoms with E-state index in [1.807, 2.05) is 12.1 Å². The maximum Gasteiger partial charge on any atom is 0.240 e. The van der Waals surface area contributed by atoms with Crippen LogP contribution in [0.1, 0.15) is 33.3 Å². The van der Waals surface area contributed by atoms with E-state index in [9.17, 15) is 8.42 Å².